The van der Waals surface area contributed by atoms with Gasteiger partial charge >= 0.3 is 0 Å². The van der Waals surface area contributed by atoms with Crippen molar-refractivity contribution < 1.29 is 9.94 Å². The highest BCUT2D eigenvalue weighted by molar-refractivity contribution is 5.21. The van der Waals surface area contributed by atoms with Gasteiger partial charge in [0.25, 0.3) is 0 Å². The maximum Gasteiger partial charge on any atom is 0.152 e. The Morgan fingerprint density at radius 3 is 2.36 bits per heavy atom. The second-order valence-electron chi connectivity index (χ2n) is 2.73. The maximum atomic E-state index is 8.11. The van der Waals surface area contributed by atoms with E-state index < -0.39 is 0 Å². The summed E-state index contributed by atoms with van der Waals surface area (Å²) in [5.74, 6) is 0.960. The second kappa shape index (κ2) is 8.04. The molecule has 1 unspecified atom stereocenters. The topological polar surface area (TPSA) is 58.9 Å². The molecular weight excluding hydrogens is 182 g/mol. The molecule has 0 aliphatic rings. The summed E-state index contributed by atoms with van der Waals surface area (Å²) >= 11 is 0. The van der Waals surface area contributed by atoms with Gasteiger partial charge in [0.15, 0.2) is 5.34 Å². The molecule has 0 aromatic heterocycles. The van der Waals surface area contributed by atoms with E-state index in [1.807, 2.05) is 30.3 Å². The molecule has 1 N–H and O–H groups in total. The van der Waals surface area contributed by atoms with Crippen molar-refractivity contribution in [1.29, 1.82) is 0 Å². The van der Waals surface area contributed by atoms with Gasteiger partial charge in [-0.2, -0.15) is 0 Å². The molecule has 4 nitrogen and oxygen atoms in total. The molecule has 0 saturated carbocycles. The molecule has 0 saturated heterocycles. The highest BCUT2D eigenvalue weighted by atomic mass is 16.6. The smallest absolute Gasteiger partial charge is 0.152 e. The van der Waals surface area contributed by atoms with Gasteiger partial charge in [0.2, 0.25) is 0 Å². The molecule has 1 atom stereocenters. The van der Waals surface area contributed by atoms with Crippen LogP contribution in [0.25, 0.3) is 0 Å². The van der Waals surface area contributed by atoms with Crippen LogP contribution in [0, 0.1) is 4.91 Å². The first-order valence-corrected chi connectivity index (χ1v) is 4.43. The maximum absolute atomic E-state index is 8.11. The van der Waals surface area contributed by atoms with Crippen molar-refractivity contribution in [3.05, 3.63) is 35.2 Å². The van der Waals surface area contributed by atoms with Crippen molar-refractivity contribution in [1.82, 2.24) is 0 Å². The number of hydrogen-bond acceptors (Lipinski definition) is 3. The van der Waals surface area contributed by atoms with E-state index in [1.165, 1.54) is 5.34 Å². The Labute approximate surface area is 83.5 Å². The first-order valence-electron chi connectivity index (χ1n) is 4.43. The Bertz CT molecular complexity index is 238. The van der Waals surface area contributed by atoms with Gasteiger partial charge in [0.1, 0.15) is 5.75 Å². The molecule has 1 rings (SSSR count). The van der Waals surface area contributed by atoms with E-state index in [-0.39, 0.29) is 0 Å². The molecule has 1 aromatic carbocycles. The van der Waals surface area contributed by atoms with Gasteiger partial charge < -0.3 is 9.94 Å². The van der Waals surface area contributed by atoms with E-state index >= 15 is 0 Å². The Hall–Kier alpha value is -1.58. The van der Waals surface area contributed by atoms with E-state index in [1.54, 1.807) is 0 Å². The Balaban J connectivity index is 0.000000500. The number of nitrogens with zero attached hydrogens (tertiary/aromatic N) is 1. The summed E-state index contributed by atoms with van der Waals surface area (Å²) in [4.78, 5) is 8.11. The molecule has 0 fully saturated rings. The van der Waals surface area contributed by atoms with Crippen molar-refractivity contribution in [2.24, 2.45) is 5.34 Å². The zero-order chi connectivity index (χ0) is 10.8. The van der Waals surface area contributed by atoms with Crippen LogP contribution < -0.4 is 4.74 Å². The molecule has 78 valence electrons. The second-order valence-corrected chi connectivity index (χ2v) is 2.73. The van der Waals surface area contributed by atoms with Crippen LogP contribution in [0.15, 0.2) is 35.7 Å². The summed E-state index contributed by atoms with van der Waals surface area (Å²) in [5, 5.41) is 7.89. The first kappa shape index (κ1) is 12.4. The summed E-state index contributed by atoms with van der Waals surface area (Å²) < 4.78 is 5.56. The summed E-state index contributed by atoms with van der Waals surface area (Å²) in [7, 11) is 0. The first-order chi connectivity index (χ1) is 6.74. The van der Waals surface area contributed by atoms with Crippen LogP contribution in [-0.2, 0) is 0 Å². The van der Waals surface area contributed by atoms with Gasteiger partial charge in [-0.15, -0.1) is 4.91 Å². The van der Waals surface area contributed by atoms with E-state index in [0.29, 0.717) is 6.10 Å². The molecule has 4 heteroatoms. The van der Waals surface area contributed by atoms with E-state index in [2.05, 4.69) is 13.8 Å². The highest BCUT2D eigenvalue weighted by Gasteiger charge is 1.97. The predicted molar refractivity (Wildman–Crippen MR) is 54.4 cm³/mol. The zero-order valence-corrected chi connectivity index (χ0v) is 8.38. The summed E-state index contributed by atoms with van der Waals surface area (Å²) in [6.45, 7) is 4.20. The van der Waals surface area contributed by atoms with Crippen molar-refractivity contribution in [2.75, 3.05) is 0 Å². The van der Waals surface area contributed by atoms with Gasteiger partial charge in [0, 0.05) is 0 Å². The van der Waals surface area contributed by atoms with Crippen molar-refractivity contribution >= 4 is 0 Å². The van der Waals surface area contributed by atoms with Crippen LogP contribution in [-0.4, -0.2) is 11.3 Å². The lowest BCUT2D eigenvalue weighted by Gasteiger charge is -2.11. The Morgan fingerprint density at radius 1 is 1.43 bits per heavy atom. The molecule has 0 spiro atoms. The van der Waals surface area contributed by atoms with Crippen LogP contribution in [0.4, 0.5) is 0 Å². The molecule has 0 radical (unpaired) electrons. The van der Waals surface area contributed by atoms with Crippen molar-refractivity contribution in [3.63, 3.8) is 0 Å². The van der Waals surface area contributed by atoms with Gasteiger partial charge in [-0.05, 0) is 25.5 Å². The molecule has 14 heavy (non-hydrogen) atoms. The van der Waals surface area contributed by atoms with E-state index in [9.17, 15) is 0 Å². The van der Waals surface area contributed by atoms with Gasteiger partial charge in [0.05, 0.1) is 6.10 Å². The van der Waals surface area contributed by atoms with Crippen LogP contribution >= 0.6 is 0 Å². The largest absolute Gasteiger partial charge is 0.491 e. The lowest BCUT2D eigenvalue weighted by atomic mass is 10.3. The number of benzene rings is 1. The van der Waals surface area contributed by atoms with E-state index in [4.69, 9.17) is 14.9 Å². The zero-order valence-electron chi connectivity index (χ0n) is 8.38. The van der Waals surface area contributed by atoms with Gasteiger partial charge in [-0.25, -0.2) is 0 Å². The normalized spacial score (nSPS) is 10.7. The molecule has 0 heterocycles. The number of ether oxygens (including phenoxy) is 1. The molecule has 0 aliphatic carbocycles. The quantitative estimate of drug-likeness (QED) is 0.598. The number of hydrogen-bond donors (Lipinski definition) is 1. The molecule has 0 bridgehead atoms. The minimum atomic E-state index is 0.317. The summed E-state index contributed by atoms with van der Waals surface area (Å²) in [5.41, 5.74) is 0. The average Bonchev–Trinajstić information content (AvgIpc) is 2.20. The van der Waals surface area contributed by atoms with Gasteiger partial charge in [-0.3, -0.25) is 0 Å². The Kier molecular flexibility index (Phi) is 7.13. The minimum absolute atomic E-state index is 0.317. The fraction of sp³-hybridized carbons (Fsp3) is 0.400. The van der Waals surface area contributed by atoms with Gasteiger partial charge in [-0.1, -0.05) is 25.1 Å². The summed E-state index contributed by atoms with van der Waals surface area (Å²) in [6.07, 6.45) is 1.37. The molecule has 1 aromatic rings. The lowest BCUT2D eigenvalue weighted by molar-refractivity contribution is 0.217. The highest BCUT2D eigenvalue weighted by Crippen LogP contribution is 2.11. The van der Waals surface area contributed by atoms with Crippen LogP contribution in [0.2, 0.25) is 0 Å². The third kappa shape index (κ3) is 5.99. The van der Waals surface area contributed by atoms with Crippen LogP contribution in [0.5, 0.6) is 5.75 Å². The SMILES string of the molecule is CCC(C)Oc1ccccc1.O=NO. The Morgan fingerprint density at radius 2 is 1.93 bits per heavy atom. The number of para-hydroxylation sites is 1. The molecule has 0 aliphatic heterocycles. The molecular formula is C10H15NO3. The monoisotopic (exact) mass is 197 g/mol. The minimum Gasteiger partial charge on any atom is -0.491 e. The summed E-state index contributed by atoms with van der Waals surface area (Å²) in [6, 6.07) is 9.91. The fourth-order valence-electron chi connectivity index (χ4n) is 0.815. The average molecular weight is 197 g/mol. The number of rotatable bonds is 3. The van der Waals surface area contributed by atoms with Crippen molar-refractivity contribution in [3.8, 4) is 5.75 Å². The third-order valence-corrected chi connectivity index (χ3v) is 1.66. The van der Waals surface area contributed by atoms with E-state index in [0.717, 1.165) is 12.2 Å². The van der Waals surface area contributed by atoms with Crippen LogP contribution in [0.3, 0.4) is 0 Å². The third-order valence-electron chi connectivity index (χ3n) is 1.66. The molecule has 0 amide bonds. The lowest BCUT2D eigenvalue weighted by Crippen LogP contribution is -2.09. The predicted octanol–water partition coefficient (Wildman–Crippen LogP) is 3.01. The standard InChI is InChI=1S/C10H14O.HNO2/c1-3-9(2)11-10-7-5-4-6-8-10;2-1-3/h4-9H,3H2,1-2H3;(H,2,3). The fourth-order valence-corrected chi connectivity index (χ4v) is 0.815. The van der Waals surface area contributed by atoms with Crippen LogP contribution in [0.1, 0.15) is 20.3 Å². The van der Waals surface area contributed by atoms with Crippen molar-refractivity contribution in [2.45, 2.75) is 26.4 Å².